The van der Waals surface area contributed by atoms with Gasteiger partial charge in [-0.15, -0.1) is 0 Å². The number of hydrogen-bond acceptors (Lipinski definition) is 7. The van der Waals surface area contributed by atoms with E-state index in [9.17, 15) is 4.79 Å². The molecule has 2 atom stereocenters. The summed E-state index contributed by atoms with van der Waals surface area (Å²) in [4.78, 5) is 39.6. The average molecular weight is 354 g/mol. The van der Waals surface area contributed by atoms with Gasteiger partial charge in [0.2, 0.25) is 0 Å². The van der Waals surface area contributed by atoms with Crippen molar-refractivity contribution in [2.75, 3.05) is 6.54 Å². The molecule has 0 aliphatic carbocycles. The van der Waals surface area contributed by atoms with E-state index in [-0.39, 0.29) is 0 Å². The molecule has 5 N–H and O–H groups in total. The standard InChI is InChI=1S/C14H20N2O3.C2H2O4/c15-13(10-11-6-4-5-9-16-11)14(17)19-18-12-7-2-1-3-8-12;3-1(4)2(5)6/h1-3,7-8,11,13,16H,4-6,9-10,15H2;(H,3,4)(H,5,6). The van der Waals surface area contributed by atoms with Gasteiger partial charge in [0.15, 0.2) is 5.75 Å². The van der Waals surface area contributed by atoms with Crippen LogP contribution in [-0.4, -0.2) is 46.7 Å². The Balaban J connectivity index is 0.000000450. The van der Waals surface area contributed by atoms with E-state index >= 15 is 0 Å². The monoisotopic (exact) mass is 354 g/mol. The van der Waals surface area contributed by atoms with Gasteiger partial charge in [0.05, 0.1) is 0 Å². The van der Waals surface area contributed by atoms with Crippen LogP contribution in [0.5, 0.6) is 5.75 Å². The van der Waals surface area contributed by atoms with Gasteiger partial charge in [0.25, 0.3) is 0 Å². The van der Waals surface area contributed by atoms with Crippen molar-refractivity contribution in [3.63, 3.8) is 0 Å². The predicted octanol–water partition coefficient (Wildman–Crippen LogP) is 0.539. The number of carboxylic acid groups (broad SMARTS) is 2. The zero-order valence-electron chi connectivity index (χ0n) is 13.6. The first-order valence-corrected chi connectivity index (χ1v) is 7.78. The topological polar surface area (TPSA) is 148 Å². The normalized spacial score (nSPS) is 17.4. The zero-order valence-corrected chi connectivity index (χ0v) is 13.6. The molecule has 9 nitrogen and oxygen atoms in total. The number of benzene rings is 1. The van der Waals surface area contributed by atoms with Gasteiger partial charge >= 0.3 is 17.9 Å². The van der Waals surface area contributed by atoms with E-state index in [1.165, 1.54) is 12.8 Å². The van der Waals surface area contributed by atoms with E-state index < -0.39 is 23.9 Å². The molecule has 2 rings (SSSR count). The maximum absolute atomic E-state index is 11.7. The Morgan fingerprint density at radius 1 is 1.16 bits per heavy atom. The number of carboxylic acids is 2. The van der Waals surface area contributed by atoms with Crippen LogP contribution in [0.4, 0.5) is 0 Å². The molecule has 0 bridgehead atoms. The molecular formula is C16H22N2O7. The molecule has 25 heavy (non-hydrogen) atoms. The van der Waals surface area contributed by atoms with Crippen LogP contribution in [-0.2, 0) is 19.3 Å². The second-order valence-corrected chi connectivity index (χ2v) is 5.40. The lowest BCUT2D eigenvalue weighted by Gasteiger charge is -2.24. The van der Waals surface area contributed by atoms with Crippen LogP contribution >= 0.6 is 0 Å². The summed E-state index contributed by atoms with van der Waals surface area (Å²) in [6.45, 7) is 0.993. The molecule has 9 heteroatoms. The maximum Gasteiger partial charge on any atom is 0.414 e. The Labute approximate surface area is 144 Å². The number of piperidine rings is 1. The second kappa shape index (κ2) is 11.0. The Hall–Kier alpha value is -2.65. The molecule has 1 heterocycles. The molecular weight excluding hydrogens is 332 g/mol. The highest BCUT2D eigenvalue weighted by Crippen LogP contribution is 2.13. The third-order valence-electron chi connectivity index (χ3n) is 3.40. The van der Waals surface area contributed by atoms with Crippen LogP contribution in [0.2, 0.25) is 0 Å². The predicted molar refractivity (Wildman–Crippen MR) is 86.7 cm³/mol. The minimum absolute atomic E-state index is 0.299. The molecule has 1 aromatic rings. The largest absolute Gasteiger partial charge is 0.473 e. The molecule has 0 amide bonds. The summed E-state index contributed by atoms with van der Waals surface area (Å²) in [5.41, 5.74) is 5.82. The van der Waals surface area contributed by atoms with E-state index in [0.717, 1.165) is 13.0 Å². The highest BCUT2D eigenvalue weighted by atomic mass is 17.2. The average Bonchev–Trinajstić information content (AvgIpc) is 2.61. The Bertz CT molecular complexity index is 547. The molecule has 1 fully saturated rings. The number of hydrogen-bond donors (Lipinski definition) is 4. The van der Waals surface area contributed by atoms with Crippen LogP contribution in [0, 0.1) is 0 Å². The number of nitrogens with two attached hydrogens (primary N) is 1. The van der Waals surface area contributed by atoms with Crippen LogP contribution in [0.15, 0.2) is 30.3 Å². The molecule has 0 saturated carbocycles. The van der Waals surface area contributed by atoms with Crippen LogP contribution < -0.4 is 15.9 Å². The smallest absolute Gasteiger partial charge is 0.414 e. The Kier molecular flexibility index (Phi) is 8.97. The van der Waals surface area contributed by atoms with Gasteiger partial charge in [-0.2, -0.15) is 0 Å². The van der Waals surface area contributed by atoms with Crippen molar-refractivity contribution < 1.29 is 34.4 Å². The molecule has 1 aromatic carbocycles. The highest BCUT2D eigenvalue weighted by molar-refractivity contribution is 6.27. The number of aliphatic carboxylic acids is 2. The first-order valence-electron chi connectivity index (χ1n) is 7.78. The molecule has 0 spiro atoms. The zero-order chi connectivity index (χ0) is 18.7. The third-order valence-corrected chi connectivity index (χ3v) is 3.40. The van der Waals surface area contributed by atoms with Gasteiger partial charge in [-0.1, -0.05) is 24.6 Å². The van der Waals surface area contributed by atoms with Crippen LogP contribution in [0.1, 0.15) is 25.7 Å². The van der Waals surface area contributed by atoms with E-state index in [1.807, 2.05) is 6.07 Å². The van der Waals surface area contributed by atoms with Gasteiger partial charge in [0.1, 0.15) is 6.04 Å². The van der Waals surface area contributed by atoms with E-state index in [2.05, 4.69) is 5.32 Å². The van der Waals surface area contributed by atoms with E-state index in [1.54, 1.807) is 24.3 Å². The molecule has 0 aromatic heterocycles. The Morgan fingerprint density at radius 2 is 1.80 bits per heavy atom. The summed E-state index contributed by atoms with van der Waals surface area (Å²) in [6, 6.07) is 8.52. The van der Waals surface area contributed by atoms with Crippen molar-refractivity contribution in [3.8, 4) is 5.75 Å². The van der Waals surface area contributed by atoms with Crippen molar-refractivity contribution in [3.05, 3.63) is 30.3 Å². The highest BCUT2D eigenvalue weighted by Gasteiger charge is 2.23. The summed E-state index contributed by atoms with van der Waals surface area (Å²) in [5, 5.41) is 18.1. The molecule has 2 unspecified atom stereocenters. The molecule has 0 radical (unpaired) electrons. The van der Waals surface area contributed by atoms with Crippen LogP contribution in [0.25, 0.3) is 0 Å². The summed E-state index contributed by atoms with van der Waals surface area (Å²) in [5.74, 6) is -3.69. The van der Waals surface area contributed by atoms with Gasteiger partial charge in [-0.25, -0.2) is 19.3 Å². The number of para-hydroxylation sites is 1. The van der Waals surface area contributed by atoms with Gasteiger partial charge in [-0.3, -0.25) is 4.89 Å². The number of nitrogens with one attached hydrogen (secondary N) is 1. The minimum Gasteiger partial charge on any atom is -0.473 e. The van der Waals surface area contributed by atoms with Crippen molar-refractivity contribution in [2.24, 2.45) is 5.73 Å². The molecule has 138 valence electrons. The Morgan fingerprint density at radius 3 is 2.32 bits per heavy atom. The summed E-state index contributed by atoms with van der Waals surface area (Å²) >= 11 is 0. The summed E-state index contributed by atoms with van der Waals surface area (Å²) in [6.07, 6.45) is 4.00. The lowest BCUT2D eigenvalue weighted by molar-refractivity contribution is -0.215. The van der Waals surface area contributed by atoms with Crippen molar-refractivity contribution in [1.29, 1.82) is 0 Å². The van der Waals surface area contributed by atoms with Gasteiger partial charge in [-0.05, 0) is 37.9 Å². The van der Waals surface area contributed by atoms with E-state index in [0.29, 0.717) is 18.2 Å². The molecule has 1 aliphatic rings. The first-order chi connectivity index (χ1) is 11.9. The maximum atomic E-state index is 11.7. The van der Waals surface area contributed by atoms with E-state index in [4.69, 9.17) is 35.3 Å². The second-order valence-electron chi connectivity index (χ2n) is 5.40. The SMILES string of the molecule is NC(CC1CCCCN1)C(=O)OOc1ccccc1.O=C(O)C(=O)O. The lowest BCUT2D eigenvalue weighted by Crippen LogP contribution is -2.43. The lowest BCUT2D eigenvalue weighted by atomic mass is 9.98. The van der Waals surface area contributed by atoms with Crippen molar-refractivity contribution in [2.45, 2.75) is 37.8 Å². The number of carbonyl (C=O) groups excluding carboxylic acids is 1. The van der Waals surface area contributed by atoms with Crippen molar-refractivity contribution >= 4 is 17.9 Å². The fourth-order valence-corrected chi connectivity index (χ4v) is 2.15. The van der Waals surface area contributed by atoms with Gasteiger partial charge < -0.3 is 21.3 Å². The molecule has 1 aliphatic heterocycles. The quantitative estimate of drug-likeness (QED) is 0.337. The third kappa shape index (κ3) is 8.68. The van der Waals surface area contributed by atoms with Gasteiger partial charge in [0, 0.05) is 6.04 Å². The first kappa shape index (κ1) is 20.4. The summed E-state index contributed by atoms with van der Waals surface area (Å²) in [7, 11) is 0. The number of carbonyl (C=O) groups is 3. The minimum atomic E-state index is -1.82. The molecule has 1 saturated heterocycles. The number of rotatable bonds is 5. The fraction of sp³-hybridized carbons (Fsp3) is 0.438. The van der Waals surface area contributed by atoms with Crippen LogP contribution in [0.3, 0.4) is 0 Å². The fourth-order valence-electron chi connectivity index (χ4n) is 2.15. The summed E-state index contributed by atoms with van der Waals surface area (Å²) < 4.78 is 0. The van der Waals surface area contributed by atoms with Crippen molar-refractivity contribution in [1.82, 2.24) is 5.32 Å².